The minimum atomic E-state index is 1.13. The summed E-state index contributed by atoms with van der Waals surface area (Å²) in [7, 11) is 0. The Morgan fingerprint density at radius 1 is 0.228 bits per heavy atom. The third-order valence-corrected chi connectivity index (χ3v) is 11.6. The maximum atomic E-state index is 2.42. The van der Waals surface area contributed by atoms with Gasteiger partial charge >= 0.3 is 0 Å². The molecule has 0 N–H and O–H groups in total. The molecule has 0 fully saturated rings. The first kappa shape index (κ1) is 32.9. The summed E-state index contributed by atoms with van der Waals surface area (Å²) in [5.74, 6) is 0. The standard InChI is InChI=1S/C56H37N/c1-3-15-41(16-4-1)55-33-34-56(42-17-5-2-6-18-42)57(55)46-29-27-38(28-30-46)43-25-26-44-36-53-51(49-23-11-19-39-13-7-9-21-47(39)49)31-32-52(54(53)37-45(44)35-43)50-24-12-20-40-14-8-10-22-48(40)50/h1-37H. The Hall–Kier alpha value is -7.48. The summed E-state index contributed by atoms with van der Waals surface area (Å²) in [6.45, 7) is 0. The third-order valence-electron chi connectivity index (χ3n) is 11.6. The first-order chi connectivity index (χ1) is 28.3. The molecule has 0 saturated heterocycles. The highest BCUT2D eigenvalue weighted by atomic mass is 15.0. The second-order valence-electron chi connectivity index (χ2n) is 14.9. The topological polar surface area (TPSA) is 4.93 Å². The van der Waals surface area contributed by atoms with E-state index in [1.54, 1.807) is 0 Å². The van der Waals surface area contributed by atoms with Crippen LogP contribution < -0.4 is 0 Å². The van der Waals surface area contributed by atoms with E-state index in [2.05, 4.69) is 229 Å². The van der Waals surface area contributed by atoms with Crippen LogP contribution in [-0.4, -0.2) is 4.57 Å². The first-order valence-electron chi connectivity index (χ1n) is 19.7. The van der Waals surface area contributed by atoms with Gasteiger partial charge in [0.05, 0.1) is 11.4 Å². The van der Waals surface area contributed by atoms with E-state index in [1.807, 2.05) is 0 Å². The molecule has 0 bridgehead atoms. The van der Waals surface area contributed by atoms with Gasteiger partial charge in [0, 0.05) is 5.69 Å². The molecule has 0 spiro atoms. The number of benzene rings is 10. The predicted octanol–water partition coefficient (Wildman–Crippen LogP) is 15.4. The number of hydrogen-bond donors (Lipinski definition) is 0. The van der Waals surface area contributed by atoms with Crippen LogP contribution in [0.2, 0.25) is 0 Å². The van der Waals surface area contributed by atoms with Crippen LogP contribution in [0.25, 0.3) is 105 Å². The van der Waals surface area contributed by atoms with Gasteiger partial charge in [0.1, 0.15) is 0 Å². The van der Waals surface area contributed by atoms with E-state index in [-0.39, 0.29) is 0 Å². The molecule has 0 saturated carbocycles. The molecule has 11 aromatic rings. The lowest BCUT2D eigenvalue weighted by Gasteiger charge is -2.17. The van der Waals surface area contributed by atoms with Gasteiger partial charge < -0.3 is 4.57 Å². The van der Waals surface area contributed by atoms with Gasteiger partial charge in [-0.15, -0.1) is 0 Å². The number of fused-ring (bicyclic) bond motifs is 4. The maximum absolute atomic E-state index is 2.42. The van der Waals surface area contributed by atoms with E-state index in [1.165, 1.54) is 99.0 Å². The van der Waals surface area contributed by atoms with E-state index >= 15 is 0 Å². The molecular weight excluding hydrogens is 687 g/mol. The zero-order valence-corrected chi connectivity index (χ0v) is 31.3. The lowest BCUT2D eigenvalue weighted by molar-refractivity contribution is 1.10. The van der Waals surface area contributed by atoms with Crippen molar-refractivity contribution in [2.45, 2.75) is 0 Å². The molecule has 1 heterocycles. The van der Waals surface area contributed by atoms with Gasteiger partial charge in [0.2, 0.25) is 0 Å². The predicted molar refractivity (Wildman–Crippen MR) is 243 cm³/mol. The SMILES string of the molecule is c1ccc(-c2ccc(-c3ccccc3)n2-c2ccc(-c3ccc4cc5c(-c6cccc7ccccc67)ccc(-c6cccc7ccccc67)c5cc4c3)cc2)cc1. The summed E-state index contributed by atoms with van der Waals surface area (Å²) in [4.78, 5) is 0. The van der Waals surface area contributed by atoms with Gasteiger partial charge in [0.15, 0.2) is 0 Å². The zero-order valence-electron chi connectivity index (χ0n) is 31.3. The minimum absolute atomic E-state index is 1.13. The van der Waals surface area contributed by atoms with Crippen LogP contribution in [-0.2, 0) is 0 Å². The second kappa shape index (κ2) is 13.7. The fraction of sp³-hybridized carbons (Fsp3) is 0. The Labute approximate surface area is 332 Å². The van der Waals surface area contributed by atoms with Crippen LogP contribution in [0.15, 0.2) is 224 Å². The van der Waals surface area contributed by atoms with Crippen molar-refractivity contribution in [3.05, 3.63) is 224 Å². The average molecular weight is 724 g/mol. The van der Waals surface area contributed by atoms with E-state index < -0.39 is 0 Å². The van der Waals surface area contributed by atoms with Gasteiger partial charge in [-0.25, -0.2) is 0 Å². The van der Waals surface area contributed by atoms with Crippen molar-refractivity contribution in [1.82, 2.24) is 4.57 Å². The van der Waals surface area contributed by atoms with E-state index in [0.717, 1.165) is 5.69 Å². The van der Waals surface area contributed by atoms with Gasteiger partial charge in [0.25, 0.3) is 0 Å². The second-order valence-corrected chi connectivity index (χ2v) is 14.9. The van der Waals surface area contributed by atoms with Crippen LogP contribution in [0, 0.1) is 0 Å². The average Bonchev–Trinajstić information content (AvgIpc) is 3.74. The molecule has 0 aliphatic carbocycles. The van der Waals surface area contributed by atoms with E-state index in [9.17, 15) is 0 Å². The summed E-state index contributed by atoms with van der Waals surface area (Å²) in [5, 5.41) is 10.0. The third kappa shape index (κ3) is 5.72. The summed E-state index contributed by atoms with van der Waals surface area (Å²) in [6, 6.07) is 82.0. The van der Waals surface area contributed by atoms with Gasteiger partial charge in [-0.3, -0.25) is 0 Å². The summed E-state index contributed by atoms with van der Waals surface area (Å²) in [6.07, 6.45) is 0. The number of rotatable bonds is 6. The highest BCUT2D eigenvalue weighted by molar-refractivity contribution is 6.16. The summed E-state index contributed by atoms with van der Waals surface area (Å²) in [5.41, 5.74) is 13.3. The monoisotopic (exact) mass is 723 g/mol. The number of nitrogens with zero attached hydrogens (tertiary/aromatic N) is 1. The first-order valence-corrected chi connectivity index (χ1v) is 19.7. The van der Waals surface area contributed by atoms with Gasteiger partial charge in [-0.2, -0.15) is 0 Å². The molecule has 1 aromatic heterocycles. The number of hydrogen-bond acceptors (Lipinski definition) is 0. The van der Waals surface area contributed by atoms with Crippen molar-refractivity contribution < 1.29 is 0 Å². The van der Waals surface area contributed by atoms with Crippen molar-refractivity contribution in [3.63, 3.8) is 0 Å². The van der Waals surface area contributed by atoms with Crippen molar-refractivity contribution in [2.75, 3.05) is 0 Å². The molecule has 0 amide bonds. The Bertz CT molecular complexity index is 3190. The highest BCUT2D eigenvalue weighted by Gasteiger charge is 2.17. The lowest BCUT2D eigenvalue weighted by atomic mass is 9.87. The van der Waals surface area contributed by atoms with Crippen molar-refractivity contribution in [3.8, 4) is 61.6 Å². The van der Waals surface area contributed by atoms with Crippen LogP contribution in [0.4, 0.5) is 0 Å². The molecule has 10 aromatic carbocycles. The van der Waals surface area contributed by atoms with Gasteiger partial charge in [-0.05, 0) is 130 Å². The smallest absolute Gasteiger partial charge is 0.0535 e. The Kier molecular flexibility index (Phi) is 7.89. The van der Waals surface area contributed by atoms with Crippen LogP contribution in [0.5, 0.6) is 0 Å². The van der Waals surface area contributed by atoms with Crippen molar-refractivity contribution in [1.29, 1.82) is 0 Å². The van der Waals surface area contributed by atoms with Crippen LogP contribution >= 0.6 is 0 Å². The normalized spacial score (nSPS) is 11.5. The fourth-order valence-corrected chi connectivity index (χ4v) is 8.85. The molecule has 0 radical (unpaired) electrons. The molecule has 0 unspecified atom stereocenters. The molecule has 1 heteroatoms. The molecule has 266 valence electrons. The summed E-state index contributed by atoms with van der Waals surface area (Å²) < 4.78 is 2.38. The van der Waals surface area contributed by atoms with Gasteiger partial charge in [-0.1, -0.05) is 182 Å². The van der Waals surface area contributed by atoms with E-state index in [4.69, 9.17) is 0 Å². The minimum Gasteiger partial charge on any atom is -0.309 e. The fourth-order valence-electron chi connectivity index (χ4n) is 8.85. The quantitative estimate of drug-likeness (QED) is 0.151. The molecule has 0 aliphatic rings. The maximum Gasteiger partial charge on any atom is 0.0535 e. The Morgan fingerprint density at radius 3 is 1.25 bits per heavy atom. The van der Waals surface area contributed by atoms with Crippen molar-refractivity contribution in [2.24, 2.45) is 0 Å². The number of aromatic nitrogens is 1. The molecule has 0 atom stereocenters. The van der Waals surface area contributed by atoms with E-state index in [0.29, 0.717) is 0 Å². The van der Waals surface area contributed by atoms with Crippen LogP contribution in [0.1, 0.15) is 0 Å². The largest absolute Gasteiger partial charge is 0.309 e. The highest BCUT2D eigenvalue weighted by Crippen LogP contribution is 2.42. The molecule has 57 heavy (non-hydrogen) atoms. The van der Waals surface area contributed by atoms with Crippen LogP contribution in [0.3, 0.4) is 0 Å². The molecule has 0 aliphatic heterocycles. The molecule has 11 rings (SSSR count). The molecule has 1 nitrogen and oxygen atoms in total. The lowest BCUT2D eigenvalue weighted by Crippen LogP contribution is -1.99. The zero-order chi connectivity index (χ0) is 37.7. The van der Waals surface area contributed by atoms with Crippen molar-refractivity contribution >= 4 is 43.1 Å². The Balaban J connectivity index is 1.07. The summed E-state index contributed by atoms with van der Waals surface area (Å²) >= 11 is 0. The molecular formula is C56H37N. The Morgan fingerprint density at radius 2 is 0.684 bits per heavy atom.